The fourth-order valence-corrected chi connectivity index (χ4v) is 1.74. The molecule has 0 bridgehead atoms. The van der Waals surface area contributed by atoms with Gasteiger partial charge in [0.25, 0.3) is 11.9 Å². The van der Waals surface area contributed by atoms with Crippen molar-refractivity contribution in [2.24, 2.45) is 5.73 Å². The van der Waals surface area contributed by atoms with Crippen LogP contribution in [0.1, 0.15) is 19.4 Å². The summed E-state index contributed by atoms with van der Waals surface area (Å²) in [4.78, 5) is 18.0. The number of halogens is 1. The first-order chi connectivity index (χ1) is 10.7. The van der Waals surface area contributed by atoms with Crippen molar-refractivity contribution in [2.75, 3.05) is 6.54 Å². The first-order valence-corrected chi connectivity index (χ1v) is 6.71. The van der Waals surface area contributed by atoms with E-state index >= 15 is 0 Å². The Hall–Kier alpha value is -2.51. The van der Waals surface area contributed by atoms with E-state index in [4.69, 9.17) is 25.5 Å². The van der Waals surface area contributed by atoms with Gasteiger partial charge in [-0.15, -0.1) is 12.4 Å². The summed E-state index contributed by atoms with van der Waals surface area (Å²) in [5, 5.41) is 35.5. The number of aromatic hydroxyl groups is 2. The van der Waals surface area contributed by atoms with Crippen molar-refractivity contribution in [2.45, 2.75) is 20.3 Å². The van der Waals surface area contributed by atoms with Crippen LogP contribution in [0.15, 0.2) is 30.3 Å². The van der Waals surface area contributed by atoms with E-state index in [1.165, 1.54) is 0 Å². The Morgan fingerprint density at radius 1 is 1.00 bits per heavy atom. The van der Waals surface area contributed by atoms with E-state index in [1.54, 1.807) is 12.1 Å². The zero-order valence-corrected chi connectivity index (χ0v) is 14.2. The lowest BCUT2D eigenvalue weighted by molar-refractivity contribution is -0.135. The second-order valence-electron chi connectivity index (χ2n) is 4.56. The van der Waals surface area contributed by atoms with Gasteiger partial charge < -0.3 is 26.2 Å². The van der Waals surface area contributed by atoms with Crippen LogP contribution in [0.5, 0.6) is 11.5 Å². The molecule has 0 saturated carbocycles. The van der Waals surface area contributed by atoms with Crippen LogP contribution in [0.2, 0.25) is 0 Å². The average molecular weight is 360 g/mol. The minimum absolute atomic E-state index is 0. The molecule has 6 N–H and O–H groups in total. The highest BCUT2D eigenvalue weighted by molar-refractivity contribution is 5.88. The molecule has 0 aliphatic rings. The van der Waals surface area contributed by atoms with E-state index in [0.717, 1.165) is 36.6 Å². The number of phenols is 2. The average Bonchev–Trinajstić information content (AvgIpc) is 2.40. The maximum atomic E-state index is 9.43. The molecule has 0 spiro atoms. The van der Waals surface area contributed by atoms with Crippen molar-refractivity contribution >= 4 is 35.1 Å². The number of phenolic OH excluding ortho intramolecular Hbond substituents is 2. The number of hydrogen-bond acceptors (Lipinski definition) is 5. The van der Waals surface area contributed by atoms with Gasteiger partial charge in [-0.1, -0.05) is 18.2 Å². The van der Waals surface area contributed by atoms with Gasteiger partial charge in [-0.25, -0.2) is 0 Å². The molecule has 0 aliphatic heterocycles. The molecular formula is C16H22ClNO6. The largest absolute Gasteiger partial charge is 0.504 e. The van der Waals surface area contributed by atoms with Crippen LogP contribution in [0.3, 0.4) is 0 Å². The van der Waals surface area contributed by atoms with E-state index in [2.05, 4.69) is 0 Å². The Balaban J connectivity index is 0. The fourth-order valence-electron chi connectivity index (χ4n) is 1.74. The van der Waals surface area contributed by atoms with E-state index in [0.29, 0.717) is 6.54 Å². The molecular weight excluding hydrogens is 338 g/mol. The minimum atomic E-state index is -0.833. The number of carbonyl (C=O) groups is 2. The highest BCUT2D eigenvalue weighted by Gasteiger charge is 2.05. The normalized spacial score (nSPS) is 8.79. The zero-order valence-electron chi connectivity index (χ0n) is 13.4. The second kappa shape index (κ2) is 12.0. The van der Waals surface area contributed by atoms with Crippen molar-refractivity contribution in [3.05, 3.63) is 35.9 Å². The smallest absolute Gasteiger partial charge is 0.300 e. The first-order valence-electron chi connectivity index (χ1n) is 6.71. The van der Waals surface area contributed by atoms with Gasteiger partial charge in [-0.3, -0.25) is 9.59 Å². The third kappa shape index (κ3) is 9.50. The molecule has 0 radical (unpaired) electrons. The predicted octanol–water partition coefficient (Wildman–Crippen LogP) is 2.36. The van der Waals surface area contributed by atoms with Gasteiger partial charge in [-0.05, 0) is 41.4 Å². The van der Waals surface area contributed by atoms with Gasteiger partial charge in [0, 0.05) is 13.8 Å². The monoisotopic (exact) mass is 359 g/mol. The number of rotatable bonds is 2. The lowest BCUT2D eigenvalue weighted by Crippen LogP contribution is -2.02. The fraction of sp³-hybridized carbons (Fsp3) is 0.250. The highest BCUT2D eigenvalue weighted by Crippen LogP contribution is 2.31. The Morgan fingerprint density at radius 2 is 1.46 bits per heavy atom. The maximum Gasteiger partial charge on any atom is 0.300 e. The van der Waals surface area contributed by atoms with Gasteiger partial charge in [0.2, 0.25) is 0 Å². The van der Waals surface area contributed by atoms with Gasteiger partial charge >= 0.3 is 0 Å². The number of aliphatic carboxylic acids is 2. The summed E-state index contributed by atoms with van der Waals surface area (Å²) < 4.78 is 0. The summed E-state index contributed by atoms with van der Waals surface area (Å²) >= 11 is 0. The summed E-state index contributed by atoms with van der Waals surface area (Å²) in [6.07, 6.45) is 0.765. The lowest BCUT2D eigenvalue weighted by atomic mass is 10.0. The van der Waals surface area contributed by atoms with Crippen LogP contribution in [0.25, 0.3) is 10.8 Å². The van der Waals surface area contributed by atoms with Crippen LogP contribution in [0.4, 0.5) is 0 Å². The van der Waals surface area contributed by atoms with Crippen LogP contribution in [0, 0.1) is 0 Å². The highest BCUT2D eigenvalue weighted by atomic mass is 35.5. The van der Waals surface area contributed by atoms with Crippen molar-refractivity contribution in [1.29, 1.82) is 0 Å². The van der Waals surface area contributed by atoms with E-state index in [1.807, 2.05) is 18.2 Å². The van der Waals surface area contributed by atoms with Crippen molar-refractivity contribution in [1.82, 2.24) is 0 Å². The molecule has 0 aromatic heterocycles. The molecule has 0 amide bonds. The minimum Gasteiger partial charge on any atom is -0.504 e. The topological polar surface area (TPSA) is 141 Å². The number of benzene rings is 2. The number of nitrogens with two attached hydrogens (primary N) is 1. The molecule has 24 heavy (non-hydrogen) atoms. The first kappa shape index (κ1) is 23.8. The van der Waals surface area contributed by atoms with E-state index < -0.39 is 11.9 Å². The summed E-state index contributed by atoms with van der Waals surface area (Å²) in [5.41, 5.74) is 6.60. The number of carboxylic acid groups (broad SMARTS) is 2. The Morgan fingerprint density at radius 3 is 1.92 bits per heavy atom. The van der Waals surface area contributed by atoms with E-state index in [9.17, 15) is 10.2 Å². The molecule has 2 aromatic carbocycles. The number of hydrogen-bond donors (Lipinski definition) is 5. The standard InChI is InChI=1S/C12H13NO2.2C2H4O2.ClH/c13-5-4-8-2-1-3-9-6-11(14)12(15)7-10(8)9;2*1-2(3)4;/h1-3,6-7,14-15H,4-5,13H2;2*1H3,(H,3,4);1H. The van der Waals surface area contributed by atoms with Crippen molar-refractivity contribution in [3.63, 3.8) is 0 Å². The zero-order chi connectivity index (χ0) is 18.0. The second-order valence-corrected chi connectivity index (χ2v) is 4.56. The quantitative estimate of drug-likeness (QED) is 0.518. The molecule has 0 fully saturated rings. The molecule has 134 valence electrons. The molecule has 7 nitrogen and oxygen atoms in total. The Kier molecular flexibility index (Phi) is 11.9. The molecule has 0 atom stereocenters. The third-order valence-corrected chi connectivity index (χ3v) is 2.48. The SMILES string of the molecule is CC(=O)O.CC(=O)O.Cl.NCCc1cccc2cc(O)c(O)cc12. The summed E-state index contributed by atoms with van der Waals surface area (Å²) in [6.45, 7) is 2.74. The number of fused-ring (bicyclic) bond motifs is 1. The summed E-state index contributed by atoms with van der Waals surface area (Å²) in [5.74, 6) is -1.85. The molecule has 2 rings (SSSR count). The van der Waals surface area contributed by atoms with E-state index in [-0.39, 0.29) is 23.9 Å². The van der Waals surface area contributed by atoms with Gasteiger partial charge in [-0.2, -0.15) is 0 Å². The van der Waals surface area contributed by atoms with Crippen LogP contribution < -0.4 is 5.73 Å². The molecule has 0 heterocycles. The maximum absolute atomic E-state index is 9.43. The molecule has 0 unspecified atom stereocenters. The third-order valence-electron chi connectivity index (χ3n) is 2.48. The Bertz CT molecular complexity index is 655. The molecule has 2 aromatic rings. The molecule has 8 heteroatoms. The molecule has 0 aliphatic carbocycles. The summed E-state index contributed by atoms with van der Waals surface area (Å²) in [7, 11) is 0. The lowest BCUT2D eigenvalue weighted by Gasteiger charge is -2.06. The van der Waals surface area contributed by atoms with Gasteiger partial charge in [0.05, 0.1) is 0 Å². The van der Waals surface area contributed by atoms with Crippen LogP contribution in [-0.2, 0) is 16.0 Å². The van der Waals surface area contributed by atoms with Gasteiger partial charge in [0.1, 0.15) is 0 Å². The predicted molar refractivity (Wildman–Crippen MR) is 93.9 cm³/mol. The van der Waals surface area contributed by atoms with Gasteiger partial charge in [0.15, 0.2) is 11.5 Å². The van der Waals surface area contributed by atoms with Crippen LogP contribution in [-0.4, -0.2) is 38.9 Å². The number of carboxylic acids is 2. The van der Waals surface area contributed by atoms with Crippen molar-refractivity contribution in [3.8, 4) is 11.5 Å². The Labute approximate surface area is 145 Å². The molecule has 0 saturated heterocycles. The van der Waals surface area contributed by atoms with Crippen LogP contribution >= 0.6 is 12.4 Å². The van der Waals surface area contributed by atoms with Crippen molar-refractivity contribution < 1.29 is 30.0 Å². The summed E-state index contributed by atoms with van der Waals surface area (Å²) in [6, 6.07) is 8.93.